The van der Waals surface area contributed by atoms with Crippen molar-refractivity contribution < 1.29 is 4.79 Å². The molecule has 0 spiro atoms. The Hall–Kier alpha value is -2.88. The van der Waals surface area contributed by atoms with Crippen molar-refractivity contribution in [2.45, 2.75) is 45.6 Å². The van der Waals surface area contributed by atoms with Gasteiger partial charge in [-0.15, -0.1) is 0 Å². The van der Waals surface area contributed by atoms with Crippen LogP contribution in [0.5, 0.6) is 0 Å². The second-order valence-corrected chi connectivity index (χ2v) is 6.91. The number of nitrogens with zero attached hydrogens (tertiary/aromatic N) is 2. The normalized spacial score (nSPS) is 11.9. The third kappa shape index (κ3) is 5.07. The van der Waals surface area contributed by atoms with Crippen molar-refractivity contribution >= 4 is 5.91 Å². The Morgan fingerprint density at radius 2 is 1.70 bits per heavy atom. The first-order chi connectivity index (χ1) is 13.1. The summed E-state index contributed by atoms with van der Waals surface area (Å²) in [6.45, 7) is 4.05. The van der Waals surface area contributed by atoms with Crippen LogP contribution in [0.4, 0.5) is 0 Å². The minimum Gasteiger partial charge on any atom is -0.349 e. The van der Waals surface area contributed by atoms with Crippen LogP contribution in [-0.2, 0) is 11.2 Å². The molecule has 1 atom stereocenters. The molecule has 27 heavy (non-hydrogen) atoms. The highest BCUT2D eigenvalue weighted by molar-refractivity contribution is 5.76. The fourth-order valence-corrected chi connectivity index (χ4v) is 3.33. The maximum Gasteiger partial charge on any atom is 0.220 e. The van der Waals surface area contributed by atoms with Gasteiger partial charge in [0, 0.05) is 17.7 Å². The highest BCUT2D eigenvalue weighted by Gasteiger charge is 2.16. The van der Waals surface area contributed by atoms with Gasteiger partial charge in [0.05, 0.1) is 17.9 Å². The molecule has 3 aromatic rings. The zero-order chi connectivity index (χ0) is 19.1. The van der Waals surface area contributed by atoms with Crippen LogP contribution in [0.1, 0.15) is 49.0 Å². The van der Waals surface area contributed by atoms with E-state index in [9.17, 15) is 4.79 Å². The van der Waals surface area contributed by atoms with E-state index in [2.05, 4.69) is 34.7 Å². The summed E-state index contributed by atoms with van der Waals surface area (Å²) in [4.78, 5) is 12.3. The van der Waals surface area contributed by atoms with Gasteiger partial charge in [0.25, 0.3) is 0 Å². The number of carbonyl (C=O) groups excluding carboxylic acids is 1. The van der Waals surface area contributed by atoms with Crippen LogP contribution in [0.25, 0.3) is 5.69 Å². The number of nitrogens with one attached hydrogen (secondary N) is 1. The van der Waals surface area contributed by atoms with E-state index >= 15 is 0 Å². The summed E-state index contributed by atoms with van der Waals surface area (Å²) in [5, 5.41) is 7.60. The van der Waals surface area contributed by atoms with Crippen LogP contribution in [0.15, 0.2) is 66.9 Å². The number of hydrogen-bond donors (Lipinski definition) is 1. The Morgan fingerprint density at radius 3 is 2.41 bits per heavy atom. The molecule has 0 saturated carbocycles. The van der Waals surface area contributed by atoms with E-state index in [1.54, 1.807) is 0 Å². The summed E-state index contributed by atoms with van der Waals surface area (Å²) in [5.41, 5.74) is 4.46. The van der Waals surface area contributed by atoms with Gasteiger partial charge in [-0.25, -0.2) is 4.68 Å². The molecule has 0 aliphatic heterocycles. The number of benzene rings is 2. The van der Waals surface area contributed by atoms with Crippen molar-refractivity contribution in [3.05, 3.63) is 83.7 Å². The molecule has 1 N–H and O–H groups in total. The maximum absolute atomic E-state index is 12.3. The number of rotatable bonds is 8. The van der Waals surface area contributed by atoms with Gasteiger partial charge < -0.3 is 5.32 Å². The van der Waals surface area contributed by atoms with E-state index in [4.69, 9.17) is 0 Å². The van der Waals surface area contributed by atoms with Crippen molar-refractivity contribution in [3.63, 3.8) is 0 Å². The molecular formula is C23H27N3O. The lowest BCUT2D eigenvalue weighted by Gasteiger charge is -2.14. The predicted octanol–water partition coefficient (Wildman–Crippen LogP) is 4.77. The molecule has 0 aliphatic carbocycles. The van der Waals surface area contributed by atoms with Crippen LogP contribution in [0.2, 0.25) is 0 Å². The van der Waals surface area contributed by atoms with Gasteiger partial charge in [-0.05, 0) is 50.8 Å². The molecule has 4 nitrogen and oxygen atoms in total. The molecule has 0 radical (unpaired) electrons. The maximum atomic E-state index is 12.3. The number of unbranched alkanes of at least 4 members (excludes halogenated alkanes) is 1. The lowest BCUT2D eigenvalue weighted by molar-refractivity contribution is -0.121. The molecule has 2 aromatic carbocycles. The molecule has 0 bridgehead atoms. The van der Waals surface area contributed by atoms with Crippen LogP contribution in [0.3, 0.4) is 0 Å². The first-order valence-electron chi connectivity index (χ1n) is 9.58. The predicted molar refractivity (Wildman–Crippen MR) is 109 cm³/mol. The highest BCUT2D eigenvalue weighted by atomic mass is 16.1. The van der Waals surface area contributed by atoms with Gasteiger partial charge in [-0.3, -0.25) is 4.79 Å². The van der Waals surface area contributed by atoms with Gasteiger partial charge in [0.1, 0.15) is 0 Å². The lowest BCUT2D eigenvalue weighted by Crippen LogP contribution is -2.26. The van der Waals surface area contributed by atoms with E-state index in [-0.39, 0.29) is 11.9 Å². The van der Waals surface area contributed by atoms with Crippen LogP contribution < -0.4 is 5.32 Å². The summed E-state index contributed by atoms with van der Waals surface area (Å²) in [7, 11) is 0. The average Bonchev–Trinajstić information content (AvgIpc) is 3.08. The van der Waals surface area contributed by atoms with E-state index in [1.807, 2.05) is 61.1 Å². The molecule has 0 saturated heterocycles. The minimum absolute atomic E-state index is 0.0518. The third-order valence-electron chi connectivity index (χ3n) is 4.85. The molecule has 1 heterocycles. The van der Waals surface area contributed by atoms with Gasteiger partial charge in [0.15, 0.2) is 0 Å². The molecule has 0 fully saturated rings. The van der Waals surface area contributed by atoms with Gasteiger partial charge in [0.2, 0.25) is 5.91 Å². The van der Waals surface area contributed by atoms with E-state index in [1.165, 1.54) is 5.56 Å². The van der Waals surface area contributed by atoms with Crippen molar-refractivity contribution in [1.82, 2.24) is 15.1 Å². The molecular weight excluding hydrogens is 334 g/mol. The second-order valence-electron chi connectivity index (χ2n) is 6.91. The average molecular weight is 361 g/mol. The number of aryl methyl sites for hydroxylation is 1. The Labute approximate surface area is 161 Å². The lowest BCUT2D eigenvalue weighted by atomic mass is 10.1. The zero-order valence-corrected chi connectivity index (χ0v) is 16.1. The highest BCUT2D eigenvalue weighted by Crippen LogP contribution is 2.20. The number of amides is 1. The fraction of sp³-hybridized carbons (Fsp3) is 0.304. The number of hydrogen-bond acceptors (Lipinski definition) is 2. The largest absolute Gasteiger partial charge is 0.349 e. The van der Waals surface area contributed by atoms with E-state index < -0.39 is 0 Å². The Kier molecular flexibility index (Phi) is 6.42. The zero-order valence-electron chi connectivity index (χ0n) is 16.1. The van der Waals surface area contributed by atoms with Gasteiger partial charge >= 0.3 is 0 Å². The van der Waals surface area contributed by atoms with Crippen LogP contribution in [0, 0.1) is 6.92 Å². The summed E-state index contributed by atoms with van der Waals surface area (Å²) in [6, 6.07) is 20.4. The fourth-order valence-electron chi connectivity index (χ4n) is 3.33. The summed E-state index contributed by atoms with van der Waals surface area (Å²) in [6.07, 6.45) is 5.35. The van der Waals surface area contributed by atoms with Crippen molar-refractivity contribution in [2.75, 3.05) is 0 Å². The van der Waals surface area contributed by atoms with E-state index in [0.717, 1.165) is 36.2 Å². The Morgan fingerprint density at radius 1 is 1.04 bits per heavy atom. The third-order valence-corrected chi connectivity index (χ3v) is 4.85. The molecule has 1 amide bonds. The quantitative estimate of drug-likeness (QED) is 0.587. The number of aromatic nitrogens is 2. The van der Waals surface area contributed by atoms with Crippen molar-refractivity contribution in [3.8, 4) is 5.69 Å². The minimum atomic E-state index is -0.0518. The SMILES string of the molecule is Cc1c(C(C)NC(=O)CCCCc2ccccc2)cnn1-c1ccccc1. The summed E-state index contributed by atoms with van der Waals surface area (Å²) in [5.74, 6) is 0.0995. The topological polar surface area (TPSA) is 46.9 Å². The first kappa shape index (κ1) is 18.9. The summed E-state index contributed by atoms with van der Waals surface area (Å²) >= 11 is 0. The van der Waals surface area contributed by atoms with Gasteiger partial charge in [-0.2, -0.15) is 5.10 Å². The molecule has 0 aliphatic rings. The number of carbonyl (C=O) groups is 1. The van der Waals surface area contributed by atoms with E-state index in [0.29, 0.717) is 6.42 Å². The molecule has 3 rings (SSSR count). The standard InChI is InChI=1S/C23H27N3O/c1-18(22-17-24-26(19(22)2)21-14-7-4-8-15-21)25-23(27)16-10-9-13-20-11-5-3-6-12-20/h3-8,11-12,14-15,17-18H,9-10,13,16H2,1-2H3,(H,25,27). The number of para-hydroxylation sites is 1. The molecule has 140 valence electrons. The molecule has 1 unspecified atom stereocenters. The molecule has 4 heteroatoms. The smallest absolute Gasteiger partial charge is 0.220 e. The van der Waals surface area contributed by atoms with Gasteiger partial charge in [-0.1, -0.05) is 48.5 Å². The van der Waals surface area contributed by atoms with Crippen LogP contribution in [-0.4, -0.2) is 15.7 Å². The Bertz CT molecular complexity index is 856. The Balaban J connectivity index is 1.49. The summed E-state index contributed by atoms with van der Waals surface area (Å²) < 4.78 is 1.91. The van der Waals surface area contributed by atoms with Crippen LogP contribution >= 0.6 is 0 Å². The second kappa shape index (κ2) is 9.17. The monoisotopic (exact) mass is 361 g/mol. The molecule has 1 aromatic heterocycles. The first-order valence-corrected chi connectivity index (χ1v) is 9.58. The van der Waals surface area contributed by atoms with Crippen molar-refractivity contribution in [2.24, 2.45) is 0 Å². The van der Waals surface area contributed by atoms with Crippen molar-refractivity contribution in [1.29, 1.82) is 0 Å².